The van der Waals surface area contributed by atoms with Crippen molar-refractivity contribution in [1.82, 2.24) is 9.88 Å². The topological polar surface area (TPSA) is 79.7 Å². The average molecular weight is 354 g/mol. The minimum atomic E-state index is -1.02. The number of hydrogen-bond donors (Lipinski definition) is 1. The van der Waals surface area contributed by atoms with Crippen LogP contribution in [0.15, 0.2) is 42.7 Å². The molecule has 0 saturated carbocycles. The zero-order chi connectivity index (χ0) is 18.5. The van der Waals surface area contributed by atoms with Crippen LogP contribution in [0.1, 0.15) is 28.8 Å². The van der Waals surface area contributed by atoms with Crippen LogP contribution in [-0.4, -0.2) is 52.7 Å². The van der Waals surface area contributed by atoms with Crippen molar-refractivity contribution in [2.24, 2.45) is 0 Å². The number of carboxylic acid groups (broad SMARTS) is 1. The molecule has 1 amide bonds. The maximum atomic E-state index is 13.0. The van der Waals surface area contributed by atoms with Crippen molar-refractivity contribution in [1.29, 1.82) is 0 Å². The van der Waals surface area contributed by atoms with Crippen LogP contribution in [0, 0.1) is 6.92 Å². The van der Waals surface area contributed by atoms with Gasteiger partial charge >= 0.3 is 5.97 Å². The van der Waals surface area contributed by atoms with Gasteiger partial charge in [-0.2, -0.15) is 0 Å². The molecule has 1 fully saturated rings. The molecule has 1 saturated heterocycles. The predicted molar refractivity (Wildman–Crippen MR) is 96.9 cm³/mol. The summed E-state index contributed by atoms with van der Waals surface area (Å²) in [5.74, 6) is -1.33. The Balaban J connectivity index is 1.87. The van der Waals surface area contributed by atoms with E-state index in [0.717, 1.165) is 16.7 Å². The predicted octanol–water partition coefficient (Wildman–Crippen LogP) is 2.76. The number of aliphatic carboxylic acids is 1. The fraction of sp³-hybridized carbons (Fsp3) is 0.350. The number of aryl methyl sites for hydroxylation is 1. The number of rotatable bonds is 5. The van der Waals surface area contributed by atoms with Crippen LogP contribution >= 0.6 is 0 Å². The van der Waals surface area contributed by atoms with Gasteiger partial charge in [0.05, 0.1) is 5.56 Å². The first kappa shape index (κ1) is 18.1. The summed E-state index contributed by atoms with van der Waals surface area (Å²) in [6.07, 6.45) is 4.49. The Hall–Kier alpha value is -2.73. The molecule has 0 unspecified atom stereocenters. The molecular weight excluding hydrogens is 332 g/mol. The van der Waals surface area contributed by atoms with Gasteiger partial charge in [0.1, 0.15) is 6.54 Å². The summed E-state index contributed by atoms with van der Waals surface area (Å²) >= 11 is 0. The lowest BCUT2D eigenvalue weighted by atomic mass is 10.0. The summed E-state index contributed by atoms with van der Waals surface area (Å²) < 4.78 is 5.33. The number of ether oxygens (including phenoxy) is 1. The van der Waals surface area contributed by atoms with Crippen molar-refractivity contribution in [3.05, 3.63) is 53.9 Å². The zero-order valence-electron chi connectivity index (χ0n) is 14.7. The summed E-state index contributed by atoms with van der Waals surface area (Å²) in [7, 11) is 0. The smallest absolute Gasteiger partial charge is 0.323 e. The van der Waals surface area contributed by atoms with Gasteiger partial charge in [-0.1, -0.05) is 29.8 Å². The summed E-state index contributed by atoms with van der Waals surface area (Å²) in [4.78, 5) is 29.9. The van der Waals surface area contributed by atoms with E-state index in [2.05, 4.69) is 4.98 Å². The van der Waals surface area contributed by atoms with Crippen molar-refractivity contribution >= 4 is 11.9 Å². The van der Waals surface area contributed by atoms with E-state index in [4.69, 9.17) is 4.74 Å². The molecule has 1 aliphatic rings. The second kappa shape index (κ2) is 8.10. The molecule has 1 aliphatic heterocycles. The van der Waals surface area contributed by atoms with E-state index in [1.165, 1.54) is 11.1 Å². The molecule has 1 N–H and O–H groups in total. The van der Waals surface area contributed by atoms with Crippen molar-refractivity contribution in [2.45, 2.75) is 25.8 Å². The van der Waals surface area contributed by atoms with Gasteiger partial charge in [-0.3, -0.25) is 14.6 Å². The highest BCUT2D eigenvalue weighted by atomic mass is 16.5. The molecule has 2 aromatic rings. The Kier molecular flexibility index (Phi) is 5.63. The third-order valence-corrected chi connectivity index (χ3v) is 4.57. The first-order valence-electron chi connectivity index (χ1n) is 8.67. The number of carboxylic acids is 1. The quantitative estimate of drug-likeness (QED) is 0.893. The summed E-state index contributed by atoms with van der Waals surface area (Å²) in [5, 5.41) is 9.23. The van der Waals surface area contributed by atoms with E-state index in [1.54, 1.807) is 12.3 Å². The molecule has 0 radical (unpaired) electrons. The Labute approximate surface area is 152 Å². The van der Waals surface area contributed by atoms with E-state index in [9.17, 15) is 14.7 Å². The van der Waals surface area contributed by atoms with Crippen LogP contribution < -0.4 is 0 Å². The molecule has 26 heavy (non-hydrogen) atoms. The van der Waals surface area contributed by atoms with Gasteiger partial charge in [0, 0.05) is 37.2 Å². The summed E-state index contributed by atoms with van der Waals surface area (Å²) in [5.41, 5.74) is 3.35. The van der Waals surface area contributed by atoms with E-state index in [-0.39, 0.29) is 18.5 Å². The average Bonchev–Trinajstić information content (AvgIpc) is 2.67. The molecule has 6 heteroatoms. The molecule has 0 atom stereocenters. The normalized spacial score (nSPS) is 14.8. The second-order valence-corrected chi connectivity index (χ2v) is 6.50. The standard InChI is InChI=1S/C20H22N2O4/c1-14-2-4-15(5-3-14)16-10-17(12-21-11-16)20(25)22(13-19(23)24)18-6-8-26-9-7-18/h2-5,10-12,18H,6-9,13H2,1H3,(H,23,24). The number of carbonyl (C=O) groups is 2. The van der Waals surface area contributed by atoms with Gasteiger partial charge in [-0.05, 0) is 31.4 Å². The van der Waals surface area contributed by atoms with Gasteiger partial charge < -0.3 is 14.7 Å². The molecule has 1 aromatic carbocycles. The first-order valence-corrected chi connectivity index (χ1v) is 8.67. The monoisotopic (exact) mass is 354 g/mol. The number of hydrogen-bond acceptors (Lipinski definition) is 4. The third kappa shape index (κ3) is 4.26. The van der Waals surface area contributed by atoms with Crippen molar-refractivity contribution in [3.8, 4) is 11.1 Å². The highest BCUT2D eigenvalue weighted by Gasteiger charge is 2.28. The maximum Gasteiger partial charge on any atom is 0.323 e. The molecule has 0 spiro atoms. The number of nitrogens with zero attached hydrogens (tertiary/aromatic N) is 2. The van der Waals surface area contributed by atoms with Gasteiger partial charge in [-0.25, -0.2) is 0 Å². The zero-order valence-corrected chi connectivity index (χ0v) is 14.7. The molecule has 0 aliphatic carbocycles. The second-order valence-electron chi connectivity index (χ2n) is 6.50. The van der Waals surface area contributed by atoms with E-state index in [0.29, 0.717) is 31.6 Å². The molecule has 6 nitrogen and oxygen atoms in total. The Morgan fingerprint density at radius 3 is 2.50 bits per heavy atom. The lowest BCUT2D eigenvalue weighted by Gasteiger charge is -2.33. The molecule has 2 heterocycles. The number of benzene rings is 1. The van der Waals surface area contributed by atoms with Crippen LogP contribution in [0.4, 0.5) is 0 Å². The lowest BCUT2D eigenvalue weighted by molar-refractivity contribution is -0.138. The van der Waals surface area contributed by atoms with Crippen LogP contribution in [-0.2, 0) is 9.53 Å². The minimum Gasteiger partial charge on any atom is -0.480 e. The third-order valence-electron chi connectivity index (χ3n) is 4.57. The molecule has 0 bridgehead atoms. The van der Waals surface area contributed by atoms with Crippen LogP contribution in [0.2, 0.25) is 0 Å². The van der Waals surface area contributed by atoms with Crippen LogP contribution in [0.25, 0.3) is 11.1 Å². The highest BCUT2D eigenvalue weighted by Crippen LogP contribution is 2.22. The van der Waals surface area contributed by atoms with Gasteiger partial charge in [0.2, 0.25) is 0 Å². The Morgan fingerprint density at radius 1 is 1.15 bits per heavy atom. The molecule has 136 valence electrons. The fourth-order valence-corrected chi connectivity index (χ4v) is 3.14. The molecule has 1 aromatic heterocycles. The Morgan fingerprint density at radius 2 is 1.85 bits per heavy atom. The van der Waals surface area contributed by atoms with Crippen molar-refractivity contribution in [2.75, 3.05) is 19.8 Å². The van der Waals surface area contributed by atoms with Crippen molar-refractivity contribution in [3.63, 3.8) is 0 Å². The van der Waals surface area contributed by atoms with Crippen molar-refractivity contribution < 1.29 is 19.4 Å². The SMILES string of the molecule is Cc1ccc(-c2cncc(C(=O)N(CC(=O)O)C3CCOCC3)c2)cc1. The largest absolute Gasteiger partial charge is 0.480 e. The van der Waals surface area contributed by atoms with Gasteiger partial charge in [0.25, 0.3) is 5.91 Å². The maximum absolute atomic E-state index is 13.0. The van der Waals surface area contributed by atoms with Crippen LogP contribution in [0.5, 0.6) is 0 Å². The van der Waals surface area contributed by atoms with E-state index >= 15 is 0 Å². The number of pyridine rings is 1. The fourth-order valence-electron chi connectivity index (χ4n) is 3.14. The highest BCUT2D eigenvalue weighted by molar-refractivity contribution is 5.96. The summed E-state index contributed by atoms with van der Waals surface area (Å²) in [6, 6.07) is 9.61. The van der Waals surface area contributed by atoms with E-state index in [1.807, 2.05) is 31.2 Å². The van der Waals surface area contributed by atoms with Gasteiger partial charge in [0.15, 0.2) is 0 Å². The van der Waals surface area contributed by atoms with Crippen LogP contribution in [0.3, 0.4) is 0 Å². The molecular formula is C20H22N2O4. The minimum absolute atomic E-state index is 0.129. The van der Waals surface area contributed by atoms with Gasteiger partial charge in [-0.15, -0.1) is 0 Å². The first-order chi connectivity index (χ1) is 12.5. The number of aromatic nitrogens is 1. The van der Waals surface area contributed by atoms with E-state index < -0.39 is 5.97 Å². The summed E-state index contributed by atoms with van der Waals surface area (Å²) in [6.45, 7) is 2.77. The number of carbonyl (C=O) groups excluding carboxylic acids is 1. The number of amides is 1. The molecule has 3 rings (SSSR count). The Bertz CT molecular complexity index is 783. The lowest BCUT2D eigenvalue weighted by Crippen LogP contribution is -2.46.